The summed E-state index contributed by atoms with van der Waals surface area (Å²) in [6.45, 7) is 4.83. The molecule has 2 N–H and O–H groups in total. The van der Waals surface area contributed by atoms with E-state index in [4.69, 9.17) is 33.7 Å². The Hall–Kier alpha value is -1.23. The van der Waals surface area contributed by atoms with Gasteiger partial charge in [0.2, 0.25) is 0 Å². The maximum atomic E-state index is 12.9. The first-order valence-corrected chi connectivity index (χ1v) is 10.1. The van der Waals surface area contributed by atoms with Crippen LogP contribution in [-0.4, -0.2) is 11.2 Å². The molecule has 0 aliphatic heterocycles. The van der Waals surface area contributed by atoms with Crippen LogP contribution >= 0.6 is 23.2 Å². The molecule has 0 spiro atoms. The van der Waals surface area contributed by atoms with Gasteiger partial charge in [0.25, 0.3) is 5.56 Å². The van der Waals surface area contributed by atoms with Crippen LogP contribution in [0.4, 0.5) is 0 Å². The van der Waals surface area contributed by atoms with Gasteiger partial charge in [-0.05, 0) is 25.0 Å². The Bertz CT molecular complexity index is 818. The summed E-state index contributed by atoms with van der Waals surface area (Å²) in [6, 6.07) is 3.06. The fraction of sp³-hybridized carbons (Fsp3) is 0.550. The van der Waals surface area contributed by atoms with Crippen molar-refractivity contribution in [2.75, 3.05) is 6.61 Å². The summed E-state index contributed by atoms with van der Waals surface area (Å²) in [5, 5.41) is 1.94. The van der Waals surface area contributed by atoms with Gasteiger partial charge in [-0.25, -0.2) is 0 Å². The zero-order valence-electron chi connectivity index (χ0n) is 15.8. The number of hydrogen-bond donors (Lipinski definition) is 1. The van der Waals surface area contributed by atoms with Crippen LogP contribution in [0.3, 0.4) is 0 Å². The normalized spacial score (nSPS) is 12.5. The van der Waals surface area contributed by atoms with Crippen molar-refractivity contribution in [3.63, 3.8) is 0 Å². The monoisotopic (exact) mass is 398 g/mol. The molecule has 1 heterocycles. The molecule has 4 nitrogen and oxygen atoms in total. The third-order valence-corrected chi connectivity index (χ3v) is 5.37. The van der Waals surface area contributed by atoms with Crippen molar-refractivity contribution in [3.8, 4) is 5.75 Å². The van der Waals surface area contributed by atoms with Crippen molar-refractivity contribution in [1.82, 2.24) is 4.57 Å². The molecule has 0 aliphatic carbocycles. The number of hydrogen-bond acceptors (Lipinski definition) is 3. The van der Waals surface area contributed by atoms with Crippen molar-refractivity contribution < 1.29 is 4.74 Å². The maximum absolute atomic E-state index is 12.9. The van der Waals surface area contributed by atoms with Crippen molar-refractivity contribution in [2.24, 2.45) is 12.8 Å². The quantitative estimate of drug-likeness (QED) is 0.558. The van der Waals surface area contributed by atoms with E-state index in [-0.39, 0.29) is 11.6 Å². The van der Waals surface area contributed by atoms with E-state index < -0.39 is 0 Å². The standard InChI is InChI=1S/C20H28Cl2N2O2/c1-4-6-8-9-17(23)18-19(26-10-7-5-2)13-11-15(21)16(22)12-14(13)20(25)24(18)3/h11-12,17H,4-10,23H2,1-3H3. The topological polar surface area (TPSA) is 57.2 Å². The van der Waals surface area contributed by atoms with Gasteiger partial charge in [0.15, 0.2) is 0 Å². The van der Waals surface area contributed by atoms with E-state index in [2.05, 4.69) is 13.8 Å². The Morgan fingerprint density at radius 2 is 1.69 bits per heavy atom. The molecule has 1 aromatic carbocycles. The van der Waals surface area contributed by atoms with Gasteiger partial charge >= 0.3 is 0 Å². The van der Waals surface area contributed by atoms with E-state index in [9.17, 15) is 4.79 Å². The van der Waals surface area contributed by atoms with Crippen LogP contribution in [0.1, 0.15) is 64.1 Å². The third kappa shape index (κ3) is 4.54. The van der Waals surface area contributed by atoms with Gasteiger partial charge in [-0.3, -0.25) is 4.79 Å². The summed E-state index contributed by atoms with van der Waals surface area (Å²) in [5.74, 6) is 0.651. The van der Waals surface area contributed by atoms with Gasteiger partial charge in [-0.15, -0.1) is 0 Å². The van der Waals surface area contributed by atoms with Crippen molar-refractivity contribution in [2.45, 2.75) is 58.4 Å². The van der Waals surface area contributed by atoms with Gasteiger partial charge in [-0.2, -0.15) is 0 Å². The fourth-order valence-electron chi connectivity index (χ4n) is 3.13. The van der Waals surface area contributed by atoms with Crippen LogP contribution < -0.4 is 16.0 Å². The molecule has 0 saturated carbocycles. The van der Waals surface area contributed by atoms with Crippen LogP contribution in [0.5, 0.6) is 5.75 Å². The van der Waals surface area contributed by atoms with Gasteiger partial charge < -0.3 is 15.0 Å². The number of ether oxygens (including phenoxy) is 1. The molecule has 0 bridgehead atoms. The molecule has 144 valence electrons. The molecule has 1 aromatic heterocycles. The second-order valence-electron chi connectivity index (χ2n) is 6.69. The molecule has 1 atom stereocenters. The van der Waals surface area contributed by atoms with Gasteiger partial charge in [-0.1, -0.05) is 62.7 Å². The van der Waals surface area contributed by atoms with E-state index in [1.54, 1.807) is 23.7 Å². The number of aromatic nitrogens is 1. The summed E-state index contributed by atoms with van der Waals surface area (Å²) in [6.07, 6.45) is 6.00. The third-order valence-electron chi connectivity index (χ3n) is 4.65. The first kappa shape index (κ1) is 21.1. The van der Waals surface area contributed by atoms with Crippen LogP contribution in [0.25, 0.3) is 10.8 Å². The Morgan fingerprint density at radius 1 is 1.08 bits per heavy atom. The highest BCUT2D eigenvalue weighted by atomic mass is 35.5. The number of nitrogens with two attached hydrogens (primary N) is 1. The molecule has 2 aromatic rings. The van der Waals surface area contributed by atoms with Crippen LogP contribution in [0.15, 0.2) is 16.9 Å². The molecular formula is C20H28Cl2N2O2. The Kier molecular flexibility index (Phi) is 7.81. The molecule has 2 rings (SSSR count). The van der Waals surface area contributed by atoms with Crippen molar-refractivity contribution in [1.29, 1.82) is 0 Å². The van der Waals surface area contributed by atoms with Crippen LogP contribution in [-0.2, 0) is 7.05 Å². The first-order chi connectivity index (χ1) is 12.4. The highest BCUT2D eigenvalue weighted by Crippen LogP contribution is 2.36. The Balaban J connectivity index is 2.63. The van der Waals surface area contributed by atoms with Crippen molar-refractivity contribution >= 4 is 34.0 Å². The maximum Gasteiger partial charge on any atom is 0.258 e. The summed E-state index contributed by atoms with van der Waals surface area (Å²) in [5.41, 5.74) is 7.06. The summed E-state index contributed by atoms with van der Waals surface area (Å²) in [7, 11) is 1.74. The lowest BCUT2D eigenvalue weighted by atomic mass is 10.0. The molecule has 1 unspecified atom stereocenters. The predicted octanol–water partition coefficient (Wildman–Crippen LogP) is 5.60. The first-order valence-electron chi connectivity index (χ1n) is 9.32. The van der Waals surface area contributed by atoms with E-state index >= 15 is 0 Å². The fourth-order valence-corrected chi connectivity index (χ4v) is 3.46. The zero-order valence-corrected chi connectivity index (χ0v) is 17.3. The second-order valence-corrected chi connectivity index (χ2v) is 7.51. The molecule has 6 heteroatoms. The molecule has 0 amide bonds. The second kappa shape index (κ2) is 9.63. The number of nitrogens with zero attached hydrogens (tertiary/aromatic N) is 1. The zero-order chi connectivity index (χ0) is 19.3. The number of halogens is 2. The number of unbranched alkanes of at least 4 members (excludes halogenated alkanes) is 3. The van der Waals surface area contributed by atoms with Crippen LogP contribution in [0.2, 0.25) is 10.0 Å². The molecule has 0 saturated heterocycles. The minimum atomic E-state index is -0.269. The largest absolute Gasteiger partial charge is 0.491 e. The molecule has 0 aliphatic rings. The smallest absolute Gasteiger partial charge is 0.258 e. The number of rotatable bonds is 9. The lowest BCUT2D eigenvalue weighted by Crippen LogP contribution is -2.27. The number of fused-ring (bicyclic) bond motifs is 1. The minimum Gasteiger partial charge on any atom is -0.491 e. The van der Waals surface area contributed by atoms with E-state index in [1.807, 2.05) is 0 Å². The number of pyridine rings is 1. The highest BCUT2D eigenvalue weighted by molar-refractivity contribution is 6.42. The molecule has 0 radical (unpaired) electrons. The summed E-state index contributed by atoms with van der Waals surface area (Å²) >= 11 is 12.4. The van der Waals surface area contributed by atoms with E-state index in [0.29, 0.717) is 33.2 Å². The lowest BCUT2D eigenvalue weighted by Gasteiger charge is -2.22. The van der Waals surface area contributed by atoms with E-state index in [0.717, 1.165) is 44.2 Å². The molecule has 26 heavy (non-hydrogen) atoms. The van der Waals surface area contributed by atoms with Gasteiger partial charge in [0, 0.05) is 18.5 Å². The Morgan fingerprint density at radius 3 is 2.31 bits per heavy atom. The van der Waals surface area contributed by atoms with Crippen LogP contribution in [0, 0.1) is 0 Å². The lowest BCUT2D eigenvalue weighted by molar-refractivity contribution is 0.303. The summed E-state index contributed by atoms with van der Waals surface area (Å²) < 4.78 is 7.71. The average Bonchev–Trinajstić information content (AvgIpc) is 2.61. The predicted molar refractivity (Wildman–Crippen MR) is 111 cm³/mol. The van der Waals surface area contributed by atoms with E-state index in [1.165, 1.54) is 0 Å². The molecule has 0 fully saturated rings. The van der Waals surface area contributed by atoms with Gasteiger partial charge in [0.1, 0.15) is 5.75 Å². The van der Waals surface area contributed by atoms with Gasteiger partial charge in [0.05, 0.1) is 27.7 Å². The SMILES string of the molecule is CCCCCC(N)c1c(OCCCC)c2cc(Cl)c(Cl)cc2c(=O)n1C. The Labute approximate surface area is 165 Å². The van der Waals surface area contributed by atoms with Crippen molar-refractivity contribution in [3.05, 3.63) is 38.2 Å². The molecular weight excluding hydrogens is 371 g/mol. The summed E-state index contributed by atoms with van der Waals surface area (Å²) in [4.78, 5) is 12.9. The number of benzene rings is 1. The minimum absolute atomic E-state index is 0.137. The average molecular weight is 399 g/mol. The highest BCUT2D eigenvalue weighted by Gasteiger charge is 2.22.